The Morgan fingerprint density at radius 1 is 1.31 bits per heavy atom. The highest BCUT2D eigenvalue weighted by Crippen LogP contribution is 2.21. The summed E-state index contributed by atoms with van der Waals surface area (Å²) in [7, 11) is 0. The SMILES string of the molecule is CCOCC(O)c1cccc2nccnc12. The van der Waals surface area contributed by atoms with E-state index in [9.17, 15) is 5.11 Å². The van der Waals surface area contributed by atoms with E-state index in [0.717, 1.165) is 16.6 Å². The largest absolute Gasteiger partial charge is 0.386 e. The van der Waals surface area contributed by atoms with Crippen LogP contribution in [0.3, 0.4) is 0 Å². The lowest BCUT2D eigenvalue weighted by atomic mass is 10.1. The Morgan fingerprint density at radius 3 is 2.94 bits per heavy atom. The average molecular weight is 218 g/mol. The number of nitrogens with zero attached hydrogens (tertiary/aromatic N) is 2. The van der Waals surface area contributed by atoms with Crippen molar-refractivity contribution in [1.29, 1.82) is 0 Å². The van der Waals surface area contributed by atoms with Crippen molar-refractivity contribution in [1.82, 2.24) is 9.97 Å². The van der Waals surface area contributed by atoms with Gasteiger partial charge in [-0.3, -0.25) is 9.97 Å². The summed E-state index contributed by atoms with van der Waals surface area (Å²) in [6.07, 6.45) is 2.61. The van der Waals surface area contributed by atoms with E-state index in [-0.39, 0.29) is 6.61 Å². The number of hydrogen-bond donors (Lipinski definition) is 1. The minimum absolute atomic E-state index is 0.284. The first-order valence-corrected chi connectivity index (χ1v) is 5.28. The van der Waals surface area contributed by atoms with Crippen LogP contribution in [0.5, 0.6) is 0 Å². The third-order valence-electron chi connectivity index (χ3n) is 2.37. The molecular formula is C12H14N2O2. The van der Waals surface area contributed by atoms with Crippen LogP contribution in [0, 0.1) is 0 Å². The van der Waals surface area contributed by atoms with E-state index in [2.05, 4.69) is 9.97 Å². The molecule has 84 valence electrons. The van der Waals surface area contributed by atoms with E-state index < -0.39 is 6.10 Å². The van der Waals surface area contributed by atoms with Crippen LogP contribution in [0.25, 0.3) is 11.0 Å². The van der Waals surface area contributed by atoms with E-state index in [4.69, 9.17) is 4.74 Å². The zero-order valence-corrected chi connectivity index (χ0v) is 9.13. The topological polar surface area (TPSA) is 55.2 Å². The molecular weight excluding hydrogens is 204 g/mol. The molecule has 4 heteroatoms. The monoisotopic (exact) mass is 218 g/mol. The predicted molar refractivity (Wildman–Crippen MR) is 61.0 cm³/mol. The van der Waals surface area contributed by atoms with E-state index in [0.29, 0.717) is 6.61 Å². The molecule has 1 aromatic heterocycles. The van der Waals surface area contributed by atoms with Gasteiger partial charge in [-0.2, -0.15) is 0 Å². The maximum Gasteiger partial charge on any atom is 0.104 e. The number of fused-ring (bicyclic) bond motifs is 1. The smallest absolute Gasteiger partial charge is 0.104 e. The van der Waals surface area contributed by atoms with Gasteiger partial charge >= 0.3 is 0 Å². The van der Waals surface area contributed by atoms with E-state index in [1.54, 1.807) is 12.4 Å². The van der Waals surface area contributed by atoms with E-state index in [1.165, 1.54) is 0 Å². The second-order valence-electron chi connectivity index (χ2n) is 3.45. The molecule has 1 aromatic carbocycles. The maximum atomic E-state index is 9.96. The third kappa shape index (κ3) is 2.18. The summed E-state index contributed by atoms with van der Waals surface area (Å²) < 4.78 is 5.20. The molecule has 2 aromatic rings. The van der Waals surface area contributed by atoms with Gasteiger partial charge in [0.25, 0.3) is 0 Å². The van der Waals surface area contributed by atoms with Crippen molar-refractivity contribution in [2.45, 2.75) is 13.0 Å². The first-order chi connectivity index (χ1) is 7.83. The number of aliphatic hydroxyl groups is 1. The Labute approximate surface area is 93.9 Å². The summed E-state index contributed by atoms with van der Waals surface area (Å²) in [4.78, 5) is 8.42. The molecule has 2 rings (SSSR count). The Hall–Kier alpha value is -1.52. The van der Waals surface area contributed by atoms with Gasteiger partial charge in [-0.25, -0.2) is 0 Å². The number of rotatable bonds is 4. The lowest BCUT2D eigenvalue weighted by Crippen LogP contribution is -2.08. The minimum atomic E-state index is -0.652. The normalized spacial score (nSPS) is 12.9. The number of para-hydroxylation sites is 1. The quantitative estimate of drug-likeness (QED) is 0.848. The van der Waals surface area contributed by atoms with Gasteiger partial charge in [0.05, 0.1) is 17.6 Å². The zero-order valence-electron chi connectivity index (χ0n) is 9.13. The number of aliphatic hydroxyl groups excluding tert-OH is 1. The van der Waals surface area contributed by atoms with Crippen molar-refractivity contribution in [3.05, 3.63) is 36.2 Å². The summed E-state index contributed by atoms with van der Waals surface area (Å²) in [5, 5.41) is 9.96. The highest BCUT2D eigenvalue weighted by molar-refractivity contribution is 5.77. The molecule has 0 aliphatic heterocycles. The molecule has 0 fully saturated rings. The summed E-state index contributed by atoms with van der Waals surface area (Å²) >= 11 is 0. The van der Waals surface area contributed by atoms with E-state index in [1.807, 2.05) is 25.1 Å². The fourth-order valence-electron chi connectivity index (χ4n) is 1.60. The highest BCUT2D eigenvalue weighted by Gasteiger charge is 2.12. The standard InChI is InChI=1S/C12H14N2O2/c1-2-16-8-11(15)9-4-3-5-10-12(9)14-7-6-13-10/h3-7,11,15H,2,8H2,1H3. The molecule has 0 saturated heterocycles. The van der Waals surface area contributed by atoms with Crippen molar-refractivity contribution in [2.24, 2.45) is 0 Å². The second-order valence-corrected chi connectivity index (χ2v) is 3.45. The Balaban J connectivity index is 2.36. The molecule has 1 N–H and O–H groups in total. The first-order valence-electron chi connectivity index (χ1n) is 5.28. The van der Waals surface area contributed by atoms with Crippen molar-refractivity contribution >= 4 is 11.0 Å². The molecule has 0 amide bonds. The van der Waals surface area contributed by atoms with Crippen molar-refractivity contribution < 1.29 is 9.84 Å². The molecule has 4 nitrogen and oxygen atoms in total. The minimum Gasteiger partial charge on any atom is -0.386 e. The van der Waals surface area contributed by atoms with Crippen molar-refractivity contribution in [3.8, 4) is 0 Å². The van der Waals surface area contributed by atoms with Crippen molar-refractivity contribution in [3.63, 3.8) is 0 Å². The maximum absolute atomic E-state index is 9.96. The Morgan fingerprint density at radius 2 is 2.12 bits per heavy atom. The van der Waals surface area contributed by atoms with Crippen molar-refractivity contribution in [2.75, 3.05) is 13.2 Å². The van der Waals surface area contributed by atoms with Crippen LogP contribution in [0.1, 0.15) is 18.6 Å². The number of hydrogen-bond acceptors (Lipinski definition) is 4. The fourth-order valence-corrected chi connectivity index (χ4v) is 1.60. The summed E-state index contributed by atoms with van der Waals surface area (Å²) in [6, 6.07) is 5.58. The van der Waals surface area contributed by atoms with Gasteiger partial charge in [-0.1, -0.05) is 12.1 Å². The van der Waals surface area contributed by atoms with Crippen LogP contribution in [0.4, 0.5) is 0 Å². The summed E-state index contributed by atoms with van der Waals surface area (Å²) in [5.74, 6) is 0. The molecule has 1 atom stereocenters. The van der Waals surface area contributed by atoms with Crippen LogP contribution in [-0.4, -0.2) is 28.3 Å². The first kappa shape index (κ1) is 11.0. The molecule has 1 heterocycles. The van der Waals surface area contributed by atoms with Gasteiger partial charge in [0.2, 0.25) is 0 Å². The molecule has 0 bridgehead atoms. The third-order valence-corrected chi connectivity index (χ3v) is 2.37. The van der Waals surface area contributed by atoms with Gasteiger partial charge in [-0.05, 0) is 13.0 Å². The predicted octanol–water partition coefficient (Wildman–Crippen LogP) is 1.70. The Bertz CT molecular complexity index is 468. The van der Waals surface area contributed by atoms with Gasteiger partial charge in [0, 0.05) is 24.6 Å². The van der Waals surface area contributed by atoms with Crippen LogP contribution in [-0.2, 0) is 4.74 Å². The molecule has 1 unspecified atom stereocenters. The molecule has 0 radical (unpaired) electrons. The summed E-state index contributed by atoms with van der Waals surface area (Å²) in [6.45, 7) is 2.77. The highest BCUT2D eigenvalue weighted by atomic mass is 16.5. The molecule has 0 spiro atoms. The average Bonchev–Trinajstić information content (AvgIpc) is 2.35. The van der Waals surface area contributed by atoms with Gasteiger partial charge in [0.15, 0.2) is 0 Å². The van der Waals surface area contributed by atoms with Gasteiger partial charge in [0.1, 0.15) is 6.10 Å². The molecule has 0 saturated carbocycles. The van der Waals surface area contributed by atoms with Crippen LogP contribution < -0.4 is 0 Å². The lowest BCUT2D eigenvalue weighted by molar-refractivity contribution is 0.0427. The van der Waals surface area contributed by atoms with Gasteiger partial charge in [-0.15, -0.1) is 0 Å². The van der Waals surface area contributed by atoms with Crippen LogP contribution in [0.2, 0.25) is 0 Å². The van der Waals surface area contributed by atoms with Gasteiger partial charge < -0.3 is 9.84 Å². The molecule has 0 aliphatic rings. The molecule has 0 aliphatic carbocycles. The second kappa shape index (κ2) is 5.01. The molecule has 16 heavy (non-hydrogen) atoms. The number of ether oxygens (including phenoxy) is 1. The number of aromatic nitrogens is 2. The fraction of sp³-hybridized carbons (Fsp3) is 0.333. The lowest BCUT2D eigenvalue weighted by Gasteiger charge is -2.12. The Kier molecular flexibility index (Phi) is 3.44. The van der Waals surface area contributed by atoms with Crippen LogP contribution >= 0.6 is 0 Å². The zero-order chi connectivity index (χ0) is 11.4. The van der Waals surface area contributed by atoms with E-state index >= 15 is 0 Å². The number of benzene rings is 1. The van der Waals surface area contributed by atoms with Crippen LogP contribution in [0.15, 0.2) is 30.6 Å². The summed E-state index contributed by atoms with van der Waals surface area (Å²) in [5.41, 5.74) is 2.28.